The van der Waals surface area contributed by atoms with Crippen molar-refractivity contribution in [3.05, 3.63) is 65.9 Å². The molecular weight excluding hydrogens is 412 g/mol. The Labute approximate surface area is 195 Å². The summed E-state index contributed by atoms with van der Waals surface area (Å²) in [4.78, 5) is 34.3. The van der Waals surface area contributed by atoms with Gasteiger partial charge in [-0.05, 0) is 69.2 Å². The molecule has 0 saturated carbocycles. The number of amides is 2. The molecule has 2 heterocycles. The van der Waals surface area contributed by atoms with Crippen molar-refractivity contribution < 1.29 is 9.59 Å². The molecule has 6 heteroatoms. The van der Waals surface area contributed by atoms with E-state index in [-0.39, 0.29) is 11.8 Å². The van der Waals surface area contributed by atoms with Crippen molar-refractivity contribution in [2.45, 2.75) is 39.5 Å². The molecule has 0 bridgehead atoms. The van der Waals surface area contributed by atoms with Crippen molar-refractivity contribution in [2.24, 2.45) is 0 Å². The topological polar surface area (TPSA) is 65.5 Å². The Morgan fingerprint density at radius 2 is 1.61 bits per heavy atom. The summed E-state index contributed by atoms with van der Waals surface area (Å²) in [5.74, 6) is -0.151. The number of carbonyl (C=O) groups is 2. The first kappa shape index (κ1) is 22.8. The molecule has 1 aliphatic rings. The van der Waals surface area contributed by atoms with Crippen LogP contribution in [0.5, 0.6) is 0 Å². The second-order valence-electron chi connectivity index (χ2n) is 8.51. The van der Waals surface area contributed by atoms with Crippen LogP contribution in [0.1, 0.15) is 60.2 Å². The van der Waals surface area contributed by atoms with E-state index >= 15 is 0 Å². The summed E-state index contributed by atoms with van der Waals surface area (Å²) in [5, 5.41) is 3.84. The third-order valence-electron chi connectivity index (χ3n) is 6.34. The van der Waals surface area contributed by atoms with Crippen LogP contribution in [0, 0.1) is 0 Å². The molecule has 0 radical (unpaired) electrons. The smallest absolute Gasteiger partial charge is 0.257 e. The molecule has 4 rings (SSSR count). The number of benzene rings is 2. The van der Waals surface area contributed by atoms with Gasteiger partial charge in [0.2, 0.25) is 0 Å². The molecule has 1 aliphatic heterocycles. The van der Waals surface area contributed by atoms with Crippen LogP contribution >= 0.6 is 0 Å². The molecule has 2 aromatic carbocycles. The van der Waals surface area contributed by atoms with Gasteiger partial charge in [-0.25, -0.2) is 0 Å². The number of aromatic nitrogens is 1. The van der Waals surface area contributed by atoms with Gasteiger partial charge in [0.15, 0.2) is 0 Å². The molecule has 1 saturated heterocycles. The number of nitrogens with zero attached hydrogens (tertiary/aromatic N) is 3. The molecule has 0 atom stereocenters. The van der Waals surface area contributed by atoms with Gasteiger partial charge in [-0.2, -0.15) is 0 Å². The summed E-state index contributed by atoms with van der Waals surface area (Å²) in [6, 6.07) is 15.1. The SMILES string of the molecule is CCN(CC)c1ccc2cc(C(=O)Nc3ccc(C(=O)N4CCCCCC4)cc3)cnc2c1. The second kappa shape index (κ2) is 10.5. The van der Waals surface area contributed by atoms with E-state index in [0.29, 0.717) is 16.8 Å². The summed E-state index contributed by atoms with van der Waals surface area (Å²) >= 11 is 0. The Morgan fingerprint density at radius 3 is 2.27 bits per heavy atom. The summed E-state index contributed by atoms with van der Waals surface area (Å²) in [6.45, 7) is 7.78. The normalized spacial score (nSPS) is 14.1. The highest BCUT2D eigenvalue weighted by Crippen LogP contribution is 2.22. The minimum Gasteiger partial charge on any atom is -0.372 e. The fourth-order valence-electron chi connectivity index (χ4n) is 4.38. The first-order valence-electron chi connectivity index (χ1n) is 11.9. The van der Waals surface area contributed by atoms with Crippen molar-refractivity contribution >= 4 is 34.1 Å². The number of rotatable bonds is 6. The van der Waals surface area contributed by atoms with Crippen molar-refractivity contribution in [3.8, 4) is 0 Å². The van der Waals surface area contributed by atoms with Crippen molar-refractivity contribution in [2.75, 3.05) is 36.4 Å². The number of likely N-dealkylation sites (tertiary alicyclic amines) is 1. The molecule has 2 amide bonds. The number of nitrogens with one attached hydrogen (secondary N) is 1. The quantitative estimate of drug-likeness (QED) is 0.557. The summed E-state index contributed by atoms with van der Waals surface area (Å²) < 4.78 is 0. The highest BCUT2D eigenvalue weighted by molar-refractivity contribution is 6.06. The van der Waals surface area contributed by atoms with Crippen LogP contribution in [0.2, 0.25) is 0 Å². The lowest BCUT2D eigenvalue weighted by Gasteiger charge is -2.21. The minimum absolute atomic E-state index is 0.0672. The maximum atomic E-state index is 12.8. The highest BCUT2D eigenvalue weighted by atomic mass is 16.2. The van der Waals surface area contributed by atoms with E-state index in [4.69, 9.17) is 0 Å². The van der Waals surface area contributed by atoms with Crippen molar-refractivity contribution in [3.63, 3.8) is 0 Å². The molecule has 6 nitrogen and oxygen atoms in total. The van der Waals surface area contributed by atoms with Gasteiger partial charge >= 0.3 is 0 Å². The fraction of sp³-hybridized carbons (Fsp3) is 0.370. The zero-order valence-electron chi connectivity index (χ0n) is 19.5. The van der Waals surface area contributed by atoms with Crippen LogP contribution in [-0.4, -0.2) is 47.9 Å². The van der Waals surface area contributed by atoms with Crippen LogP contribution < -0.4 is 10.2 Å². The minimum atomic E-state index is -0.219. The summed E-state index contributed by atoms with van der Waals surface area (Å²) in [7, 11) is 0. The number of hydrogen-bond donors (Lipinski definition) is 1. The van der Waals surface area contributed by atoms with Gasteiger partial charge in [-0.3, -0.25) is 14.6 Å². The predicted octanol–water partition coefficient (Wildman–Crippen LogP) is 5.35. The monoisotopic (exact) mass is 444 g/mol. The van der Waals surface area contributed by atoms with Crippen LogP contribution in [0.4, 0.5) is 11.4 Å². The van der Waals surface area contributed by atoms with Crippen LogP contribution in [0.3, 0.4) is 0 Å². The standard InChI is InChI=1S/C27H32N4O2/c1-3-30(4-2)24-14-11-21-17-22(19-28-25(21)18-24)26(32)29-23-12-9-20(10-13-23)27(33)31-15-7-5-6-8-16-31/h9-14,17-19H,3-8,15-16H2,1-2H3,(H,29,32). The van der Waals surface area contributed by atoms with E-state index in [1.54, 1.807) is 30.5 Å². The third kappa shape index (κ3) is 5.33. The van der Waals surface area contributed by atoms with Crippen LogP contribution in [-0.2, 0) is 0 Å². The maximum Gasteiger partial charge on any atom is 0.257 e. The largest absolute Gasteiger partial charge is 0.372 e. The van der Waals surface area contributed by atoms with Gasteiger partial charge in [0.1, 0.15) is 0 Å². The Balaban J connectivity index is 1.44. The predicted molar refractivity (Wildman–Crippen MR) is 134 cm³/mol. The molecular formula is C27H32N4O2. The number of anilines is 2. The molecule has 1 fully saturated rings. The first-order valence-corrected chi connectivity index (χ1v) is 11.9. The zero-order chi connectivity index (χ0) is 23.2. The molecule has 1 N–H and O–H groups in total. The van der Waals surface area contributed by atoms with Crippen LogP contribution in [0.25, 0.3) is 10.9 Å². The summed E-state index contributed by atoms with van der Waals surface area (Å²) in [5.41, 5.74) is 3.82. The molecule has 3 aromatic rings. The molecule has 1 aromatic heterocycles. The van der Waals surface area contributed by atoms with Gasteiger partial charge in [-0.1, -0.05) is 18.9 Å². The lowest BCUT2D eigenvalue weighted by molar-refractivity contribution is 0.0761. The van der Waals surface area contributed by atoms with Gasteiger partial charge in [0.05, 0.1) is 11.1 Å². The fourth-order valence-corrected chi connectivity index (χ4v) is 4.38. The summed E-state index contributed by atoms with van der Waals surface area (Å²) in [6.07, 6.45) is 6.12. The Bertz CT molecular complexity index is 1110. The van der Waals surface area contributed by atoms with Gasteiger partial charge < -0.3 is 15.1 Å². The van der Waals surface area contributed by atoms with E-state index in [9.17, 15) is 9.59 Å². The number of hydrogen-bond acceptors (Lipinski definition) is 4. The van der Waals surface area contributed by atoms with Gasteiger partial charge in [-0.15, -0.1) is 0 Å². The number of carbonyl (C=O) groups excluding carboxylic acids is 2. The lowest BCUT2D eigenvalue weighted by atomic mass is 10.1. The number of fused-ring (bicyclic) bond motifs is 1. The van der Waals surface area contributed by atoms with E-state index in [1.165, 1.54) is 12.8 Å². The Kier molecular flexibility index (Phi) is 7.23. The van der Waals surface area contributed by atoms with E-state index < -0.39 is 0 Å². The average molecular weight is 445 g/mol. The molecule has 172 valence electrons. The lowest BCUT2D eigenvalue weighted by Crippen LogP contribution is -2.31. The molecule has 0 unspecified atom stereocenters. The molecule has 0 aliphatic carbocycles. The van der Waals surface area contributed by atoms with Gasteiger partial charge in [0, 0.05) is 54.7 Å². The van der Waals surface area contributed by atoms with Crippen LogP contribution in [0.15, 0.2) is 54.7 Å². The third-order valence-corrected chi connectivity index (χ3v) is 6.34. The molecule has 0 spiro atoms. The number of pyridine rings is 1. The molecule has 33 heavy (non-hydrogen) atoms. The van der Waals surface area contributed by atoms with Crippen molar-refractivity contribution in [1.82, 2.24) is 9.88 Å². The highest BCUT2D eigenvalue weighted by Gasteiger charge is 2.17. The zero-order valence-corrected chi connectivity index (χ0v) is 19.5. The van der Waals surface area contributed by atoms with E-state index in [1.807, 2.05) is 17.0 Å². The Morgan fingerprint density at radius 1 is 0.909 bits per heavy atom. The van der Waals surface area contributed by atoms with Crippen molar-refractivity contribution in [1.29, 1.82) is 0 Å². The average Bonchev–Trinajstić information content (AvgIpc) is 3.14. The first-order chi connectivity index (χ1) is 16.1. The second-order valence-corrected chi connectivity index (χ2v) is 8.51. The van der Waals surface area contributed by atoms with E-state index in [2.05, 4.69) is 41.2 Å². The maximum absolute atomic E-state index is 12.8. The Hall–Kier alpha value is -3.41. The van der Waals surface area contributed by atoms with E-state index in [0.717, 1.165) is 55.6 Å². The van der Waals surface area contributed by atoms with Gasteiger partial charge in [0.25, 0.3) is 11.8 Å².